The van der Waals surface area contributed by atoms with Crippen molar-refractivity contribution in [1.29, 1.82) is 5.26 Å². The minimum atomic E-state index is -3.76. The maximum absolute atomic E-state index is 11.8. The molecule has 1 fully saturated rings. The molecule has 7 nitrogen and oxygen atoms in total. The van der Waals surface area contributed by atoms with Gasteiger partial charge in [-0.15, -0.1) is 0 Å². The van der Waals surface area contributed by atoms with Crippen molar-refractivity contribution in [2.24, 2.45) is 5.14 Å². The number of sulfonamides is 1. The van der Waals surface area contributed by atoms with Crippen molar-refractivity contribution >= 4 is 21.6 Å². The fourth-order valence-electron chi connectivity index (χ4n) is 1.83. The Morgan fingerprint density at radius 1 is 1.56 bits per heavy atom. The highest BCUT2D eigenvalue weighted by molar-refractivity contribution is 7.89. The van der Waals surface area contributed by atoms with Gasteiger partial charge >= 0.3 is 0 Å². The summed E-state index contributed by atoms with van der Waals surface area (Å²) in [6.45, 7) is -0.0436. The number of amides is 1. The Labute approximate surface area is 104 Å². The van der Waals surface area contributed by atoms with Crippen molar-refractivity contribution < 1.29 is 13.2 Å². The van der Waals surface area contributed by atoms with Gasteiger partial charge in [0.25, 0.3) is 0 Å². The second-order valence-electron chi connectivity index (χ2n) is 3.90. The van der Waals surface area contributed by atoms with Crippen LogP contribution < -0.4 is 10.0 Å². The van der Waals surface area contributed by atoms with E-state index in [1.807, 2.05) is 6.07 Å². The van der Waals surface area contributed by atoms with Crippen molar-refractivity contribution in [3.63, 3.8) is 0 Å². The molecule has 0 saturated carbocycles. The molecule has 2 N–H and O–H groups in total. The van der Waals surface area contributed by atoms with E-state index in [-0.39, 0.29) is 24.6 Å². The molecule has 1 atom stereocenters. The molecule has 1 saturated heterocycles. The molecule has 18 heavy (non-hydrogen) atoms. The van der Waals surface area contributed by atoms with Crippen LogP contribution in [0.5, 0.6) is 0 Å². The first-order valence-corrected chi connectivity index (χ1v) is 6.71. The molecule has 1 aliphatic heterocycles. The Morgan fingerprint density at radius 3 is 2.83 bits per heavy atom. The van der Waals surface area contributed by atoms with E-state index in [2.05, 4.69) is 4.98 Å². The van der Waals surface area contributed by atoms with E-state index in [4.69, 9.17) is 10.4 Å². The second kappa shape index (κ2) is 4.36. The van der Waals surface area contributed by atoms with E-state index >= 15 is 0 Å². The number of hydrogen-bond donors (Lipinski definition) is 1. The molecule has 0 aromatic carbocycles. The van der Waals surface area contributed by atoms with E-state index in [1.54, 1.807) is 12.1 Å². The summed E-state index contributed by atoms with van der Waals surface area (Å²) in [5.74, 6) is -0.376. The van der Waals surface area contributed by atoms with Crippen molar-refractivity contribution in [1.82, 2.24) is 4.98 Å². The first-order chi connectivity index (χ1) is 8.43. The van der Waals surface area contributed by atoms with Crippen molar-refractivity contribution in [3.05, 3.63) is 24.0 Å². The van der Waals surface area contributed by atoms with E-state index in [0.29, 0.717) is 5.69 Å². The maximum Gasteiger partial charge on any atom is 0.228 e. The third-order valence-corrected chi connectivity index (χ3v) is 3.98. The molecule has 1 aromatic rings. The lowest BCUT2D eigenvalue weighted by atomic mass is 10.3. The highest BCUT2D eigenvalue weighted by Gasteiger charge is 2.38. The van der Waals surface area contributed by atoms with Gasteiger partial charge in [-0.1, -0.05) is 0 Å². The average Bonchev–Trinajstić information content (AvgIpc) is 2.71. The third kappa shape index (κ3) is 2.18. The van der Waals surface area contributed by atoms with Crippen molar-refractivity contribution in [3.8, 4) is 6.07 Å². The van der Waals surface area contributed by atoms with E-state index in [0.717, 1.165) is 0 Å². The first kappa shape index (κ1) is 12.5. The number of rotatable bonds is 2. The highest BCUT2D eigenvalue weighted by atomic mass is 32.2. The van der Waals surface area contributed by atoms with Crippen LogP contribution in [0.4, 0.5) is 5.69 Å². The lowest BCUT2D eigenvalue weighted by Gasteiger charge is -2.16. The minimum absolute atomic E-state index is 0.0436. The number of nitriles is 1. The van der Waals surface area contributed by atoms with Crippen LogP contribution >= 0.6 is 0 Å². The lowest BCUT2D eigenvalue weighted by molar-refractivity contribution is -0.117. The molecule has 0 bridgehead atoms. The quantitative estimate of drug-likeness (QED) is 0.763. The summed E-state index contributed by atoms with van der Waals surface area (Å²) < 4.78 is 22.5. The zero-order chi connectivity index (χ0) is 13.3. The van der Waals surface area contributed by atoms with E-state index < -0.39 is 15.3 Å². The van der Waals surface area contributed by atoms with Gasteiger partial charge in [0.05, 0.1) is 5.69 Å². The van der Waals surface area contributed by atoms with Gasteiger partial charge in [0.15, 0.2) is 5.69 Å². The Balaban J connectivity index is 2.37. The number of carbonyl (C=O) groups excluding carboxylic acids is 1. The van der Waals surface area contributed by atoms with E-state index in [9.17, 15) is 13.2 Å². The minimum Gasteiger partial charge on any atom is -0.308 e. The largest absolute Gasteiger partial charge is 0.308 e. The van der Waals surface area contributed by atoms with E-state index in [1.165, 1.54) is 11.1 Å². The monoisotopic (exact) mass is 266 g/mol. The van der Waals surface area contributed by atoms with Gasteiger partial charge in [-0.2, -0.15) is 5.26 Å². The SMILES string of the molecule is N#Cc1ncccc1N1CC(S(N)(=O)=O)CC1=O. The van der Waals surface area contributed by atoms with Crippen LogP contribution in [0, 0.1) is 11.3 Å². The summed E-state index contributed by atoms with van der Waals surface area (Å²) in [4.78, 5) is 16.8. The summed E-state index contributed by atoms with van der Waals surface area (Å²) in [6, 6.07) is 4.99. The zero-order valence-electron chi connectivity index (χ0n) is 9.28. The number of hydrogen-bond acceptors (Lipinski definition) is 5. The molecule has 1 unspecified atom stereocenters. The molecule has 0 aliphatic carbocycles. The van der Waals surface area contributed by atoms with Gasteiger partial charge in [0.1, 0.15) is 11.3 Å². The highest BCUT2D eigenvalue weighted by Crippen LogP contribution is 2.25. The number of pyridine rings is 1. The summed E-state index contributed by atoms with van der Waals surface area (Å²) in [5, 5.41) is 13.0. The number of aromatic nitrogens is 1. The van der Waals surface area contributed by atoms with Gasteiger partial charge in [-0.25, -0.2) is 18.5 Å². The molecule has 1 aliphatic rings. The zero-order valence-corrected chi connectivity index (χ0v) is 10.1. The maximum atomic E-state index is 11.8. The van der Waals surface area contributed by atoms with Crippen LogP contribution in [-0.4, -0.2) is 31.1 Å². The van der Waals surface area contributed by atoms with Crippen LogP contribution in [0.15, 0.2) is 18.3 Å². The first-order valence-electron chi connectivity index (χ1n) is 5.10. The average molecular weight is 266 g/mol. The van der Waals surface area contributed by atoms with Gasteiger partial charge in [-0.3, -0.25) is 4.79 Å². The van der Waals surface area contributed by atoms with Gasteiger partial charge in [-0.05, 0) is 12.1 Å². The van der Waals surface area contributed by atoms with Crippen LogP contribution in [0.2, 0.25) is 0 Å². The molecule has 0 radical (unpaired) electrons. The molecule has 2 rings (SSSR count). The second-order valence-corrected chi connectivity index (χ2v) is 5.75. The fraction of sp³-hybridized carbons (Fsp3) is 0.300. The van der Waals surface area contributed by atoms with Gasteiger partial charge < -0.3 is 4.90 Å². The topological polar surface area (TPSA) is 117 Å². The van der Waals surface area contributed by atoms with Crippen molar-refractivity contribution in [2.75, 3.05) is 11.4 Å². The fourth-order valence-corrected chi connectivity index (χ4v) is 2.56. The number of anilines is 1. The third-order valence-electron chi connectivity index (χ3n) is 2.74. The predicted molar refractivity (Wildman–Crippen MR) is 62.8 cm³/mol. The normalized spacial score (nSPS) is 19.9. The van der Waals surface area contributed by atoms with Crippen LogP contribution in [-0.2, 0) is 14.8 Å². The molecular weight excluding hydrogens is 256 g/mol. The van der Waals surface area contributed by atoms with Crippen LogP contribution in [0.1, 0.15) is 12.1 Å². The van der Waals surface area contributed by atoms with Gasteiger partial charge in [0, 0.05) is 19.2 Å². The standard InChI is InChI=1S/C10H10N4O3S/c11-5-8-9(2-1-3-13-8)14-6-7(4-10(14)15)18(12,16)17/h1-3,7H,4,6H2,(H2,12,16,17). The lowest BCUT2D eigenvalue weighted by Crippen LogP contribution is -2.32. The molecule has 0 spiro atoms. The Hall–Kier alpha value is -1.98. The number of primary sulfonamides is 1. The van der Waals surface area contributed by atoms with Gasteiger partial charge in [0.2, 0.25) is 15.9 Å². The molecular formula is C10H10N4O3S. The number of nitrogens with two attached hydrogens (primary N) is 1. The smallest absolute Gasteiger partial charge is 0.228 e. The number of carbonyl (C=O) groups is 1. The van der Waals surface area contributed by atoms with Crippen LogP contribution in [0.25, 0.3) is 0 Å². The Morgan fingerprint density at radius 2 is 2.28 bits per heavy atom. The molecule has 94 valence electrons. The number of nitrogens with zero attached hydrogens (tertiary/aromatic N) is 3. The van der Waals surface area contributed by atoms with Crippen molar-refractivity contribution in [2.45, 2.75) is 11.7 Å². The Bertz CT molecular complexity index is 635. The summed E-state index contributed by atoms with van der Waals surface area (Å²) in [6.07, 6.45) is 1.26. The Kier molecular flexibility index (Phi) is 3.02. The van der Waals surface area contributed by atoms with Crippen LogP contribution in [0.3, 0.4) is 0 Å². The molecule has 1 aromatic heterocycles. The molecule has 1 amide bonds. The molecule has 2 heterocycles. The summed E-state index contributed by atoms with van der Waals surface area (Å²) in [7, 11) is -3.76. The summed E-state index contributed by atoms with van der Waals surface area (Å²) >= 11 is 0. The predicted octanol–water partition coefficient (Wildman–Crippen LogP) is -0.653. The summed E-state index contributed by atoms with van der Waals surface area (Å²) in [5.41, 5.74) is 0.400. The molecule has 8 heteroatoms.